The third-order valence-corrected chi connectivity index (χ3v) is 5.71. The summed E-state index contributed by atoms with van der Waals surface area (Å²) in [4.78, 5) is 42.9. The van der Waals surface area contributed by atoms with Crippen LogP contribution in [0.25, 0.3) is 0 Å². The molecule has 2 heterocycles. The van der Waals surface area contributed by atoms with Crippen molar-refractivity contribution in [3.05, 3.63) is 41.1 Å². The number of carbonyl (C=O) groups is 3. The highest BCUT2D eigenvalue weighted by molar-refractivity contribution is 5.95. The van der Waals surface area contributed by atoms with Crippen LogP contribution >= 0.6 is 0 Å². The van der Waals surface area contributed by atoms with E-state index < -0.39 is 12.0 Å². The Bertz CT molecular complexity index is 876. The molecule has 9 nitrogen and oxygen atoms in total. The molecule has 1 aromatic rings. The minimum Gasteiger partial charge on any atom is -0.496 e. The predicted octanol–water partition coefficient (Wildman–Crippen LogP) is 1.37. The van der Waals surface area contributed by atoms with Gasteiger partial charge < -0.3 is 19.7 Å². The number of methoxy groups -OCH3 is 1. The minimum atomic E-state index is -0.688. The van der Waals surface area contributed by atoms with Crippen LogP contribution in [0, 0.1) is 0 Å². The molecule has 1 aromatic carbocycles. The van der Waals surface area contributed by atoms with Gasteiger partial charge in [-0.05, 0) is 13.0 Å². The van der Waals surface area contributed by atoms with Gasteiger partial charge in [0.05, 0.1) is 25.3 Å². The number of hydrogen-bond donors (Lipinski definition) is 1. The van der Waals surface area contributed by atoms with E-state index in [0.29, 0.717) is 55.3 Å². The number of piperazine rings is 1. The van der Waals surface area contributed by atoms with Gasteiger partial charge in [0, 0.05) is 58.0 Å². The molecule has 2 aliphatic rings. The fourth-order valence-electron chi connectivity index (χ4n) is 3.97. The highest BCUT2D eigenvalue weighted by Crippen LogP contribution is 2.35. The standard InChI is InChI=1S/C22H30N4O5/c1-5-31-21(28)19-17(14-25-10-12-26(13-11-25)15(2)27)24(3)22(29)23-20(19)16-8-6-7-9-18(16)30-4/h6-9,20H,5,10-14H2,1-4H3,(H,23,29)/t20-/m0/s1. The molecule has 0 saturated carbocycles. The van der Waals surface area contributed by atoms with Crippen LogP contribution in [0.2, 0.25) is 0 Å². The second-order valence-corrected chi connectivity index (χ2v) is 7.55. The number of carbonyl (C=O) groups excluding carboxylic acids is 3. The third-order valence-electron chi connectivity index (χ3n) is 5.71. The van der Waals surface area contributed by atoms with E-state index in [0.717, 1.165) is 0 Å². The summed E-state index contributed by atoms with van der Waals surface area (Å²) in [5, 5.41) is 2.91. The van der Waals surface area contributed by atoms with E-state index in [9.17, 15) is 14.4 Å². The molecule has 1 N–H and O–H groups in total. The van der Waals surface area contributed by atoms with Crippen LogP contribution in [0.5, 0.6) is 5.75 Å². The lowest BCUT2D eigenvalue weighted by atomic mass is 9.93. The zero-order chi connectivity index (χ0) is 22.5. The maximum Gasteiger partial charge on any atom is 0.338 e. The molecule has 31 heavy (non-hydrogen) atoms. The Morgan fingerprint density at radius 1 is 1.16 bits per heavy atom. The van der Waals surface area contributed by atoms with Gasteiger partial charge in [0.25, 0.3) is 0 Å². The van der Waals surface area contributed by atoms with Gasteiger partial charge in [-0.25, -0.2) is 9.59 Å². The van der Waals surface area contributed by atoms with Crippen molar-refractivity contribution < 1.29 is 23.9 Å². The number of esters is 1. The van der Waals surface area contributed by atoms with E-state index >= 15 is 0 Å². The number of ether oxygens (including phenoxy) is 2. The van der Waals surface area contributed by atoms with E-state index in [1.54, 1.807) is 39.0 Å². The Balaban J connectivity index is 2.00. The molecule has 2 aliphatic heterocycles. The monoisotopic (exact) mass is 430 g/mol. The summed E-state index contributed by atoms with van der Waals surface area (Å²) in [5.74, 6) is 0.160. The number of nitrogens with one attached hydrogen (secondary N) is 1. The highest BCUT2D eigenvalue weighted by atomic mass is 16.5. The maximum absolute atomic E-state index is 13.1. The SMILES string of the molecule is CCOC(=O)C1=C(CN2CCN(C(C)=O)CC2)N(C)C(=O)N[C@H]1c1ccccc1OC. The summed E-state index contributed by atoms with van der Waals surface area (Å²) in [6.45, 7) is 6.49. The van der Waals surface area contributed by atoms with Crippen LogP contribution in [0.15, 0.2) is 35.5 Å². The fraction of sp³-hybridized carbons (Fsp3) is 0.500. The molecule has 0 spiro atoms. The molecule has 0 radical (unpaired) electrons. The van der Waals surface area contributed by atoms with Crippen LogP contribution in [-0.4, -0.2) is 86.1 Å². The molecule has 0 bridgehead atoms. The van der Waals surface area contributed by atoms with Gasteiger partial charge in [-0.15, -0.1) is 0 Å². The number of likely N-dealkylation sites (N-methyl/N-ethyl adjacent to an activating group) is 1. The number of nitrogens with zero attached hydrogens (tertiary/aromatic N) is 3. The number of para-hydroxylation sites is 1. The number of benzene rings is 1. The van der Waals surface area contributed by atoms with Crippen LogP contribution in [0.3, 0.4) is 0 Å². The predicted molar refractivity (Wildman–Crippen MR) is 114 cm³/mol. The Kier molecular flexibility index (Phi) is 7.17. The van der Waals surface area contributed by atoms with Gasteiger partial charge >= 0.3 is 12.0 Å². The van der Waals surface area contributed by atoms with Gasteiger partial charge in [0.2, 0.25) is 5.91 Å². The smallest absolute Gasteiger partial charge is 0.338 e. The topological polar surface area (TPSA) is 91.4 Å². The first-order valence-corrected chi connectivity index (χ1v) is 10.4. The zero-order valence-electron chi connectivity index (χ0n) is 18.5. The van der Waals surface area contributed by atoms with E-state index in [-0.39, 0.29) is 18.5 Å². The van der Waals surface area contributed by atoms with Crippen LogP contribution in [-0.2, 0) is 14.3 Å². The van der Waals surface area contributed by atoms with Gasteiger partial charge in [-0.3, -0.25) is 14.6 Å². The van der Waals surface area contributed by atoms with Crippen LogP contribution < -0.4 is 10.1 Å². The summed E-state index contributed by atoms with van der Waals surface area (Å²) >= 11 is 0. The molecule has 0 aromatic heterocycles. The second-order valence-electron chi connectivity index (χ2n) is 7.55. The molecule has 168 valence electrons. The summed E-state index contributed by atoms with van der Waals surface area (Å²) < 4.78 is 10.9. The van der Waals surface area contributed by atoms with Gasteiger partial charge in [-0.1, -0.05) is 18.2 Å². The summed E-state index contributed by atoms with van der Waals surface area (Å²) in [6.07, 6.45) is 0. The quantitative estimate of drug-likeness (QED) is 0.686. The van der Waals surface area contributed by atoms with Crippen LogP contribution in [0.4, 0.5) is 4.79 Å². The average molecular weight is 431 g/mol. The Hall–Kier alpha value is -3.07. The number of rotatable bonds is 6. The van der Waals surface area contributed by atoms with E-state index in [1.165, 1.54) is 4.90 Å². The normalized spacial score (nSPS) is 19.9. The second kappa shape index (κ2) is 9.82. The van der Waals surface area contributed by atoms with E-state index in [4.69, 9.17) is 9.47 Å². The molecule has 3 rings (SSSR count). The largest absolute Gasteiger partial charge is 0.496 e. The lowest BCUT2D eigenvalue weighted by Gasteiger charge is -2.39. The van der Waals surface area contributed by atoms with Gasteiger partial charge in [0.15, 0.2) is 0 Å². The van der Waals surface area contributed by atoms with Crippen molar-refractivity contribution in [2.45, 2.75) is 19.9 Å². The Morgan fingerprint density at radius 2 is 1.84 bits per heavy atom. The van der Waals surface area contributed by atoms with Crippen molar-refractivity contribution in [2.24, 2.45) is 0 Å². The molecule has 1 fully saturated rings. The number of amides is 3. The van der Waals surface area contributed by atoms with E-state index in [2.05, 4.69) is 10.2 Å². The van der Waals surface area contributed by atoms with E-state index in [1.807, 2.05) is 18.2 Å². The first-order valence-electron chi connectivity index (χ1n) is 10.4. The minimum absolute atomic E-state index is 0.0523. The van der Waals surface area contributed by atoms with Crippen molar-refractivity contribution in [1.29, 1.82) is 0 Å². The van der Waals surface area contributed by atoms with Crippen LogP contribution in [0.1, 0.15) is 25.5 Å². The summed E-state index contributed by atoms with van der Waals surface area (Å²) in [6, 6.07) is 6.31. The lowest BCUT2D eigenvalue weighted by Crippen LogP contribution is -2.52. The van der Waals surface area contributed by atoms with Gasteiger partial charge in [-0.2, -0.15) is 0 Å². The first-order chi connectivity index (χ1) is 14.9. The molecule has 1 saturated heterocycles. The molecule has 3 amide bonds. The highest BCUT2D eigenvalue weighted by Gasteiger charge is 2.38. The number of urea groups is 1. The maximum atomic E-state index is 13.1. The average Bonchev–Trinajstić information content (AvgIpc) is 2.77. The lowest BCUT2D eigenvalue weighted by molar-refractivity contribution is -0.139. The fourth-order valence-corrected chi connectivity index (χ4v) is 3.97. The Morgan fingerprint density at radius 3 is 2.45 bits per heavy atom. The van der Waals surface area contributed by atoms with Crippen molar-refractivity contribution in [1.82, 2.24) is 20.0 Å². The Labute approximate surface area is 182 Å². The van der Waals surface area contributed by atoms with Crippen molar-refractivity contribution in [3.63, 3.8) is 0 Å². The van der Waals surface area contributed by atoms with Crippen molar-refractivity contribution >= 4 is 17.9 Å². The molecular formula is C22H30N4O5. The molecule has 0 aliphatic carbocycles. The first kappa shape index (κ1) is 22.6. The summed E-state index contributed by atoms with van der Waals surface area (Å²) in [7, 11) is 3.20. The number of hydrogen-bond acceptors (Lipinski definition) is 6. The zero-order valence-corrected chi connectivity index (χ0v) is 18.5. The molecular weight excluding hydrogens is 400 g/mol. The van der Waals surface area contributed by atoms with Gasteiger partial charge in [0.1, 0.15) is 5.75 Å². The third kappa shape index (κ3) is 4.82. The van der Waals surface area contributed by atoms with Crippen molar-refractivity contribution in [2.75, 3.05) is 53.5 Å². The molecule has 1 atom stereocenters. The summed E-state index contributed by atoms with van der Waals surface area (Å²) in [5.41, 5.74) is 1.67. The molecule has 0 unspecified atom stereocenters. The molecule has 9 heteroatoms. The van der Waals surface area contributed by atoms with Crippen molar-refractivity contribution in [3.8, 4) is 5.75 Å².